The van der Waals surface area contributed by atoms with Gasteiger partial charge in [0.2, 0.25) is 0 Å². The van der Waals surface area contributed by atoms with Gasteiger partial charge in [-0.05, 0) is 36.1 Å². The van der Waals surface area contributed by atoms with Crippen molar-refractivity contribution in [1.29, 1.82) is 0 Å². The van der Waals surface area contributed by atoms with Crippen LogP contribution in [-0.4, -0.2) is 4.98 Å². The van der Waals surface area contributed by atoms with E-state index in [0.29, 0.717) is 0 Å². The molecule has 3 aromatic rings. The van der Waals surface area contributed by atoms with Crippen LogP contribution in [0.3, 0.4) is 0 Å². The molecule has 1 nitrogen and oxygen atoms in total. The number of hydrogen-bond donors (Lipinski definition) is 0. The first kappa shape index (κ1) is 14.5. The number of pyridine rings is 1. The number of hydrogen-bond acceptors (Lipinski definition) is 1. The Morgan fingerprint density at radius 3 is 2.00 bits per heavy atom. The second-order valence-electron chi connectivity index (χ2n) is 5.61. The quantitative estimate of drug-likeness (QED) is 0.602. The van der Waals surface area contributed by atoms with Gasteiger partial charge in [0.25, 0.3) is 0 Å². The molecule has 2 aromatic carbocycles. The van der Waals surface area contributed by atoms with Crippen LogP contribution >= 0.6 is 0 Å². The highest BCUT2D eigenvalue weighted by molar-refractivity contribution is 5.85. The fourth-order valence-corrected chi connectivity index (χ4v) is 2.93. The summed E-state index contributed by atoms with van der Waals surface area (Å²) in [5.41, 5.74) is 7.35. The first-order valence-electron chi connectivity index (χ1n) is 7.91. The molecule has 0 N–H and O–H groups in total. The highest BCUT2D eigenvalue weighted by Gasteiger charge is 2.14. The van der Waals surface area contributed by atoms with Gasteiger partial charge >= 0.3 is 0 Å². The maximum absolute atomic E-state index is 4.83. The molecule has 110 valence electrons. The van der Waals surface area contributed by atoms with Crippen molar-refractivity contribution < 1.29 is 0 Å². The third-order valence-electron chi connectivity index (χ3n) is 3.86. The average Bonchev–Trinajstić information content (AvgIpc) is 2.56. The summed E-state index contributed by atoms with van der Waals surface area (Å²) >= 11 is 0. The second kappa shape index (κ2) is 6.57. The minimum atomic E-state index is 1.01. The van der Waals surface area contributed by atoms with Crippen molar-refractivity contribution in [3.8, 4) is 22.3 Å². The number of aryl methyl sites for hydroxylation is 2. The van der Waals surface area contributed by atoms with Crippen molar-refractivity contribution in [1.82, 2.24) is 4.98 Å². The van der Waals surface area contributed by atoms with Gasteiger partial charge < -0.3 is 0 Å². The molecule has 1 heterocycles. The molecule has 0 amide bonds. The molecule has 0 unspecified atom stereocenters. The van der Waals surface area contributed by atoms with Crippen LogP contribution in [0.5, 0.6) is 0 Å². The van der Waals surface area contributed by atoms with E-state index in [9.17, 15) is 0 Å². The Hall–Kier alpha value is -2.41. The molecule has 22 heavy (non-hydrogen) atoms. The van der Waals surface area contributed by atoms with Crippen molar-refractivity contribution in [2.45, 2.75) is 26.7 Å². The van der Waals surface area contributed by atoms with Gasteiger partial charge in [-0.1, -0.05) is 74.0 Å². The molecular formula is C21H21N. The molecule has 0 aliphatic heterocycles. The number of aromatic nitrogens is 1. The summed E-state index contributed by atoms with van der Waals surface area (Å²) in [5.74, 6) is 0. The van der Waals surface area contributed by atoms with E-state index >= 15 is 0 Å². The van der Waals surface area contributed by atoms with Gasteiger partial charge in [-0.2, -0.15) is 0 Å². The van der Waals surface area contributed by atoms with E-state index in [1.807, 2.05) is 0 Å². The van der Waals surface area contributed by atoms with Gasteiger partial charge in [0.1, 0.15) is 0 Å². The Morgan fingerprint density at radius 1 is 0.818 bits per heavy atom. The van der Waals surface area contributed by atoms with E-state index in [0.717, 1.165) is 18.5 Å². The molecule has 0 saturated heterocycles. The van der Waals surface area contributed by atoms with Crippen molar-refractivity contribution in [2.24, 2.45) is 0 Å². The highest BCUT2D eigenvalue weighted by Crippen LogP contribution is 2.35. The summed E-state index contributed by atoms with van der Waals surface area (Å²) in [6.45, 7) is 4.29. The lowest BCUT2D eigenvalue weighted by atomic mass is 9.91. The second-order valence-corrected chi connectivity index (χ2v) is 5.61. The van der Waals surface area contributed by atoms with Crippen LogP contribution in [0.15, 0.2) is 66.7 Å². The molecule has 3 rings (SSSR count). The zero-order valence-corrected chi connectivity index (χ0v) is 13.2. The van der Waals surface area contributed by atoms with Crippen LogP contribution in [0.4, 0.5) is 0 Å². The van der Waals surface area contributed by atoms with E-state index in [1.165, 1.54) is 27.9 Å². The fraction of sp³-hybridized carbons (Fsp3) is 0.190. The summed E-state index contributed by atoms with van der Waals surface area (Å²) in [6.07, 6.45) is 2.11. The lowest BCUT2D eigenvalue weighted by molar-refractivity contribution is 0.877. The maximum Gasteiger partial charge on any atom is 0.0491 e. The standard InChI is InChI=1S/C21H21N/c1-3-10-20-21(18-13-8-5-9-14-18)19(15-16(2)22-20)17-11-6-4-7-12-17/h4-9,11-15H,3,10H2,1-2H3. The minimum Gasteiger partial charge on any atom is -0.257 e. The zero-order valence-electron chi connectivity index (χ0n) is 13.2. The van der Waals surface area contributed by atoms with Crippen molar-refractivity contribution >= 4 is 0 Å². The SMILES string of the molecule is CCCc1nc(C)cc(-c2ccccc2)c1-c1ccccc1. The van der Waals surface area contributed by atoms with Gasteiger partial charge in [0, 0.05) is 17.0 Å². The van der Waals surface area contributed by atoms with Gasteiger partial charge in [-0.15, -0.1) is 0 Å². The molecule has 0 aliphatic rings. The summed E-state index contributed by atoms with van der Waals surface area (Å²) in [4.78, 5) is 4.83. The Bertz CT molecular complexity index is 746. The van der Waals surface area contributed by atoms with Gasteiger partial charge in [0.05, 0.1) is 0 Å². The van der Waals surface area contributed by atoms with Crippen molar-refractivity contribution in [2.75, 3.05) is 0 Å². The van der Waals surface area contributed by atoms with Crippen molar-refractivity contribution in [3.63, 3.8) is 0 Å². The molecule has 0 atom stereocenters. The summed E-state index contributed by atoms with van der Waals surface area (Å²) in [6, 6.07) is 23.4. The van der Waals surface area contributed by atoms with E-state index in [-0.39, 0.29) is 0 Å². The molecule has 1 heteroatoms. The number of nitrogens with zero attached hydrogens (tertiary/aromatic N) is 1. The van der Waals surface area contributed by atoms with Crippen LogP contribution in [-0.2, 0) is 6.42 Å². The van der Waals surface area contributed by atoms with E-state index in [1.54, 1.807) is 0 Å². The predicted octanol–water partition coefficient (Wildman–Crippen LogP) is 5.68. The predicted molar refractivity (Wildman–Crippen MR) is 93.8 cm³/mol. The van der Waals surface area contributed by atoms with Crippen LogP contribution in [0.1, 0.15) is 24.7 Å². The van der Waals surface area contributed by atoms with Gasteiger partial charge in [0.15, 0.2) is 0 Å². The summed E-state index contributed by atoms with van der Waals surface area (Å²) in [5, 5.41) is 0. The third-order valence-corrected chi connectivity index (χ3v) is 3.86. The molecule has 0 saturated carbocycles. The monoisotopic (exact) mass is 287 g/mol. The minimum absolute atomic E-state index is 1.01. The van der Waals surface area contributed by atoms with Crippen LogP contribution < -0.4 is 0 Å². The normalized spacial score (nSPS) is 10.6. The molecule has 1 aromatic heterocycles. The Morgan fingerprint density at radius 2 is 1.41 bits per heavy atom. The number of benzene rings is 2. The lowest BCUT2D eigenvalue weighted by Gasteiger charge is -2.16. The third kappa shape index (κ3) is 2.94. The topological polar surface area (TPSA) is 12.9 Å². The Kier molecular flexibility index (Phi) is 4.34. The van der Waals surface area contributed by atoms with Crippen LogP contribution in [0.25, 0.3) is 22.3 Å². The van der Waals surface area contributed by atoms with Crippen LogP contribution in [0, 0.1) is 6.92 Å². The zero-order chi connectivity index (χ0) is 15.4. The molecule has 0 fully saturated rings. The average molecular weight is 287 g/mol. The van der Waals surface area contributed by atoms with E-state index in [2.05, 4.69) is 80.6 Å². The largest absolute Gasteiger partial charge is 0.257 e. The molecule has 0 aliphatic carbocycles. The van der Waals surface area contributed by atoms with Gasteiger partial charge in [-0.3, -0.25) is 4.98 Å². The smallest absolute Gasteiger partial charge is 0.0491 e. The highest BCUT2D eigenvalue weighted by atomic mass is 14.7. The number of rotatable bonds is 4. The summed E-state index contributed by atoms with van der Waals surface area (Å²) < 4.78 is 0. The Labute approximate surface area is 132 Å². The Balaban J connectivity index is 2.28. The van der Waals surface area contributed by atoms with Crippen molar-refractivity contribution in [3.05, 3.63) is 78.1 Å². The van der Waals surface area contributed by atoms with Crippen LogP contribution in [0.2, 0.25) is 0 Å². The first-order chi connectivity index (χ1) is 10.8. The molecule has 0 bridgehead atoms. The van der Waals surface area contributed by atoms with Gasteiger partial charge in [-0.25, -0.2) is 0 Å². The molecule has 0 radical (unpaired) electrons. The fourth-order valence-electron chi connectivity index (χ4n) is 2.93. The summed E-state index contributed by atoms with van der Waals surface area (Å²) in [7, 11) is 0. The maximum atomic E-state index is 4.83. The molecular weight excluding hydrogens is 266 g/mol. The van der Waals surface area contributed by atoms with E-state index in [4.69, 9.17) is 4.98 Å². The first-order valence-corrected chi connectivity index (χ1v) is 7.91. The lowest BCUT2D eigenvalue weighted by Crippen LogP contribution is -1.99. The molecule has 0 spiro atoms. The van der Waals surface area contributed by atoms with E-state index < -0.39 is 0 Å².